The third-order valence-electron chi connectivity index (χ3n) is 4.58. The van der Waals surface area contributed by atoms with Gasteiger partial charge in [-0.25, -0.2) is 0 Å². The monoisotopic (exact) mass is 458 g/mol. The van der Waals surface area contributed by atoms with Crippen molar-refractivity contribution < 1.29 is 42.4 Å². The van der Waals surface area contributed by atoms with Gasteiger partial charge in [0.1, 0.15) is 11.1 Å². The van der Waals surface area contributed by atoms with Crippen molar-refractivity contribution in [1.29, 1.82) is 0 Å². The lowest BCUT2D eigenvalue weighted by Crippen LogP contribution is -2.15. The van der Waals surface area contributed by atoms with Crippen molar-refractivity contribution in [3.8, 4) is 45.8 Å². The second kappa shape index (κ2) is 9.51. The van der Waals surface area contributed by atoms with E-state index in [0.717, 1.165) is 6.92 Å². The van der Waals surface area contributed by atoms with Crippen LogP contribution < -0.4 is 33.8 Å². The van der Waals surface area contributed by atoms with Crippen molar-refractivity contribution >= 4 is 22.9 Å². The summed E-state index contributed by atoms with van der Waals surface area (Å²) in [5.74, 6) is -1.61. The molecule has 0 radical (unpaired) electrons. The average Bonchev–Trinajstić information content (AvgIpc) is 2.79. The number of hydrogen-bond donors (Lipinski definition) is 0. The Morgan fingerprint density at radius 3 is 1.70 bits per heavy atom. The zero-order valence-corrected chi connectivity index (χ0v) is 18.9. The molecule has 0 spiro atoms. The zero-order chi connectivity index (χ0) is 24.3. The molecule has 0 fully saturated rings. The molecule has 0 saturated carbocycles. The molecule has 0 N–H and O–H groups in total. The Labute approximate surface area is 188 Å². The van der Waals surface area contributed by atoms with Crippen LogP contribution in [0.15, 0.2) is 33.5 Å². The maximum Gasteiger partial charge on any atom is 0.308 e. The van der Waals surface area contributed by atoms with Gasteiger partial charge in [0.05, 0.1) is 28.4 Å². The molecule has 174 valence electrons. The molecule has 0 amide bonds. The summed E-state index contributed by atoms with van der Waals surface area (Å²) < 4.78 is 37.9. The quantitative estimate of drug-likeness (QED) is 0.385. The van der Waals surface area contributed by atoms with E-state index in [1.54, 1.807) is 24.3 Å². The van der Waals surface area contributed by atoms with E-state index in [1.165, 1.54) is 35.4 Å². The minimum atomic E-state index is -0.747. The van der Waals surface area contributed by atoms with E-state index < -0.39 is 17.4 Å². The summed E-state index contributed by atoms with van der Waals surface area (Å²) in [5, 5.41) is -0.167. The van der Waals surface area contributed by atoms with E-state index in [0.29, 0.717) is 11.3 Å². The standard InChI is InChI=1S/C23H22O10/c1-11(24)31-20-16(26)15-18(28-4)21(29-5)22(30-6)23(32-12(2)25)19(15)33-17(20)13-7-9-14(27-3)10-8-13/h7-10H,1-6H3. The van der Waals surface area contributed by atoms with Gasteiger partial charge in [-0.3, -0.25) is 14.4 Å². The van der Waals surface area contributed by atoms with Gasteiger partial charge in [0.2, 0.25) is 28.4 Å². The minimum Gasteiger partial charge on any atom is -0.497 e. The maximum absolute atomic E-state index is 13.6. The summed E-state index contributed by atoms with van der Waals surface area (Å²) in [6.45, 7) is 2.33. The number of fused-ring (bicyclic) bond motifs is 1. The van der Waals surface area contributed by atoms with Crippen molar-refractivity contribution in [3.63, 3.8) is 0 Å². The fourth-order valence-corrected chi connectivity index (χ4v) is 3.28. The highest BCUT2D eigenvalue weighted by molar-refractivity contribution is 5.98. The summed E-state index contributed by atoms with van der Waals surface area (Å²) in [6, 6.07) is 6.50. The fourth-order valence-electron chi connectivity index (χ4n) is 3.28. The molecule has 1 aromatic heterocycles. The van der Waals surface area contributed by atoms with Crippen molar-refractivity contribution in [2.75, 3.05) is 28.4 Å². The Bertz CT molecular complexity index is 1270. The van der Waals surface area contributed by atoms with Crippen LogP contribution in [0.5, 0.6) is 34.5 Å². The van der Waals surface area contributed by atoms with Crippen LogP contribution in [0.25, 0.3) is 22.3 Å². The van der Waals surface area contributed by atoms with Gasteiger partial charge >= 0.3 is 11.9 Å². The second-order valence-corrected chi connectivity index (χ2v) is 6.64. The zero-order valence-electron chi connectivity index (χ0n) is 18.9. The molecule has 0 aliphatic heterocycles. The van der Waals surface area contributed by atoms with Crippen LogP contribution in [0.2, 0.25) is 0 Å². The minimum absolute atomic E-state index is 0.0120. The molecule has 0 bridgehead atoms. The Morgan fingerprint density at radius 2 is 1.21 bits per heavy atom. The van der Waals surface area contributed by atoms with Gasteiger partial charge in [-0.05, 0) is 24.3 Å². The highest BCUT2D eigenvalue weighted by Gasteiger charge is 2.31. The van der Waals surface area contributed by atoms with Crippen molar-refractivity contribution in [3.05, 3.63) is 34.5 Å². The molecule has 2 aromatic carbocycles. The lowest BCUT2D eigenvalue weighted by atomic mass is 10.1. The van der Waals surface area contributed by atoms with E-state index in [9.17, 15) is 14.4 Å². The molecular weight excluding hydrogens is 436 g/mol. The van der Waals surface area contributed by atoms with Gasteiger partial charge in [-0.15, -0.1) is 0 Å². The molecule has 33 heavy (non-hydrogen) atoms. The van der Waals surface area contributed by atoms with Gasteiger partial charge in [-0.2, -0.15) is 0 Å². The predicted octanol–water partition coefficient (Wildman–Crippen LogP) is 3.35. The Morgan fingerprint density at radius 1 is 0.697 bits per heavy atom. The summed E-state index contributed by atoms with van der Waals surface area (Å²) in [6.07, 6.45) is 0. The summed E-state index contributed by atoms with van der Waals surface area (Å²) in [7, 11) is 5.47. The van der Waals surface area contributed by atoms with E-state index in [4.69, 9.17) is 32.8 Å². The molecular formula is C23H22O10. The number of carbonyl (C=O) groups excluding carboxylic acids is 2. The van der Waals surface area contributed by atoms with Crippen molar-refractivity contribution in [2.45, 2.75) is 13.8 Å². The SMILES string of the molecule is COc1ccc(-c2oc3c(OC(C)=O)c(OC)c(OC)c(OC)c3c(=O)c2OC(C)=O)cc1. The molecule has 0 saturated heterocycles. The van der Waals surface area contributed by atoms with Crippen molar-refractivity contribution in [1.82, 2.24) is 0 Å². The van der Waals surface area contributed by atoms with Gasteiger partial charge in [0.25, 0.3) is 0 Å². The lowest BCUT2D eigenvalue weighted by Gasteiger charge is -2.19. The van der Waals surface area contributed by atoms with Crippen LogP contribution in [-0.4, -0.2) is 40.4 Å². The van der Waals surface area contributed by atoms with Crippen LogP contribution in [0, 0.1) is 0 Å². The topological polar surface area (TPSA) is 120 Å². The fraction of sp³-hybridized carbons (Fsp3) is 0.261. The first-order valence-electron chi connectivity index (χ1n) is 9.61. The van der Waals surface area contributed by atoms with Gasteiger partial charge < -0.3 is 32.8 Å². The molecule has 0 unspecified atom stereocenters. The summed E-state index contributed by atoms with van der Waals surface area (Å²) >= 11 is 0. The van der Waals surface area contributed by atoms with Crippen LogP contribution in [0.3, 0.4) is 0 Å². The first kappa shape index (κ1) is 23.5. The number of benzene rings is 2. The summed E-state index contributed by atoms with van der Waals surface area (Å²) in [5.41, 5.74) is -0.511. The normalized spacial score (nSPS) is 10.5. The maximum atomic E-state index is 13.6. The van der Waals surface area contributed by atoms with E-state index in [2.05, 4.69) is 0 Å². The largest absolute Gasteiger partial charge is 0.497 e. The van der Waals surface area contributed by atoms with E-state index in [1.807, 2.05) is 0 Å². The van der Waals surface area contributed by atoms with Gasteiger partial charge in [0.15, 0.2) is 17.1 Å². The highest BCUT2D eigenvalue weighted by atomic mass is 16.6. The number of ether oxygens (including phenoxy) is 6. The highest BCUT2D eigenvalue weighted by Crippen LogP contribution is 2.51. The van der Waals surface area contributed by atoms with E-state index >= 15 is 0 Å². The molecule has 0 aliphatic carbocycles. The molecule has 3 aromatic rings. The molecule has 1 heterocycles. The smallest absolute Gasteiger partial charge is 0.308 e. The lowest BCUT2D eigenvalue weighted by molar-refractivity contribution is -0.132. The summed E-state index contributed by atoms with van der Waals surface area (Å²) in [4.78, 5) is 37.2. The Hall–Kier alpha value is -4.21. The van der Waals surface area contributed by atoms with Crippen LogP contribution in [0.4, 0.5) is 0 Å². The van der Waals surface area contributed by atoms with Gasteiger partial charge in [-0.1, -0.05) is 0 Å². The van der Waals surface area contributed by atoms with E-state index in [-0.39, 0.29) is 45.5 Å². The first-order valence-corrected chi connectivity index (χ1v) is 9.61. The Kier molecular flexibility index (Phi) is 6.76. The molecule has 3 rings (SSSR count). The van der Waals surface area contributed by atoms with Crippen molar-refractivity contribution in [2.24, 2.45) is 0 Å². The first-order chi connectivity index (χ1) is 15.8. The third kappa shape index (κ3) is 4.27. The average molecular weight is 458 g/mol. The van der Waals surface area contributed by atoms with Gasteiger partial charge in [0, 0.05) is 19.4 Å². The molecule has 10 heteroatoms. The number of esters is 2. The number of rotatable bonds is 7. The number of carbonyl (C=O) groups is 2. The van der Waals surface area contributed by atoms with Crippen LogP contribution >= 0.6 is 0 Å². The van der Waals surface area contributed by atoms with Crippen LogP contribution in [-0.2, 0) is 9.59 Å². The predicted molar refractivity (Wildman–Crippen MR) is 117 cm³/mol. The number of hydrogen-bond acceptors (Lipinski definition) is 10. The van der Waals surface area contributed by atoms with Crippen LogP contribution in [0.1, 0.15) is 13.8 Å². The molecule has 10 nitrogen and oxygen atoms in total. The molecule has 0 aliphatic rings. The molecule has 0 atom stereocenters. The second-order valence-electron chi connectivity index (χ2n) is 6.64. The Balaban J connectivity index is 2.55. The third-order valence-corrected chi connectivity index (χ3v) is 4.58. The number of methoxy groups -OCH3 is 4.